The molecular weight excluding hydrogens is 250 g/mol. The van der Waals surface area contributed by atoms with Crippen molar-refractivity contribution in [3.8, 4) is 0 Å². The maximum absolute atomic E-state index is 11.7. The highest BCUT2D eigenvalue weighted by Crippen LogP contribution is 2.29. The molecular formula is C14H18ClNO2. The first kappa shape index (κ1) is 13.4. The molecule has 1 saturated heterocycles. The first-order valence-corrected chi connectivity index (χ1v) is 6.50. The van der Waals surface area contributed by atoms with Crippen LogP contribution in [0.2, 0.25) is 5.02 Å². The Morgan fingerprint density at radius 3 is 2.94 bits per heavy atom. The van der Waals surface area contributed by atoms with E-state index in [0.717, 1.165) is 30.0 Å². The van der Waals surface area contributed by atoms with Crippen LogP contribution < -0.4 is 5.32 Å². The molecule has 1 N–H and O–H groups in total. The molecule has 0 radical (unpaired) electrons. The van der Waals surface area contributed by atoms with Gasteiger partial charge in [-0.1, -0.05) is 29.8 Å². The van der Waals surface area contributed by atoms with E-state index < -0.39 is 5.54 Å². The predicted molar refractivity (Wildman–Crippen MR) is 71.7 cm³/mol. The minimum absolute atomic E-state index is 0.191. The molecule has 1 aromatic carbocycles. The van der Waals surface area contributed by atoms with Crippen LogP contribution in [-0.2, 0) is 16.0 Å². The summed E-state index contributed by atoms with van der Waals surface area (Å²) in [7, 11) is 1.43. The van der Waals surface area contributed by atoms with Gasteiger partial charge < -0.3 is 10.1 Å². The van der Waals surface area contributed by atoms with Crippen molar-refractivity contribution in [3.63, 3.8) is 0 Å². The molecule has 4 heteroatoms. The minimum Gasteiger partial charge on any atom is -0.468 e. The van der Waals surface area contributed by atoms with E-state index in [-0.39, 0.29) is 5.97 Å². The number of hydrogen-bond acceptors (Lipinski definition) is 3. The second kappa shape index (κ2) is 5.29. The molecule has 1 aromatic rings. The van der Waals surface area contributed by atoms with Crippen molar-refractivity contribution in [3.05, 3.63) is 34.9 Å². The first-order chi connectivity index (χ1) is 8.55. The van der Waals surface area contributed by atoms with Crippen LogP contribution in [0.15, 0.2) is 24.3 Å². The molecule has 1 fully saturated rings. The summed E-state index contributed by atoms with van der Waals surface area (Å²) in [6.45, 7) is 2.71. The Kier molecular flexibility index (Phi) is 3.93. The molecule has 1 heterocycles. The number of ether oxygens (including phenoxy) is 1. The summed E-state index contributed by atoms with van der Waals surface area (Å²) in [6.07, 6.45) is 1.67. The molecule has 18 heavy (non-hydrogen) atoms. The maximum Gasteiger partial charge on any atom is 0.325 e. The van der Waals surface area contributed by atoms with E-state index in [9.17, 15) is 4.79 Å². The Morgan fingerprint density at radius 2 is 2.28 bits per heavy atom. The van der Waals surface area contributed by atoms with Gasteiger partial charge in [0.25, 0.3) is 0 Å². The van der Waals surface area contributed by atoms with Crippen molar-refractivity contribution < 1.29 is 9.53 Å². The van der Waals surface area contributed by atoms with Crippen LogP contribution in [0, 0.1) is 5.92 Å². The zero-order valence-corrected chi connectivity index (χ0v) is 11.5. The lowest BCUT2D eigenvalue weighted by atomic mass is 9.91. The van der Waals surface area contributed by atoms with Crippen LogP contribution in [0.5, 0.6) is 0 Å². The SMILES string of the molecule is COC(=O)C1(C)CC(Cc2ccccc2Cl)CN1. The zero-order valence-electron chi connectivity index (χ0n) is 10.7. The van der Waals surface area contributed by atoms with Crippen LogP contribution in [0.1, 0.15) is 18.9 Å². The van der Waals surface area contributed by atoms with Gasteiger partial charge in [0.2, 0.25) is 0 Å². The molecule has 1 aliphatic heterocycles. The van der Waals surface area contributed by atoms with Gasteiger partial charge >= 0.3 is 5.97 Å². The zero-order chi connectivity index (χ0) is 13.2. The van der Waals surface area contributed by atoms with Gasteiger partial charge in [-0.3, -0.25) is 4.79 Å². The third-order valence-electron chi connectivity index (χ3n) is 3.58. The number of carbonyl (C=O) groups excluding carboxylic acids is 1. The lowest BCUT2D eigenvalue weighted by Gasteiger charge is -2.20. The molecule has 2 atom stereocenters. The second-order valence-electron chi connectivity index (χ2n) is 5.07. The fraction of sp³-hybridized carbons (Fsp3) is 0.500. The second-order valence-corrected chi connectivity index (χ2v) is 5.48. The summed E-state index contributed by atoms with van der Waals surface area (Å²) in [5.41, 5.74) is 0.584. The Morgan fingerprint density at radius 1 is 1.56 bits per heavy atom. The number of methoxy groups -OCH3 is 1. The normalized spacial score (nSPS) is 27.2. The van der Waals surface area contributed by atoms with Crippen molar-refractivity contribution in [1.82, 2.24) is 5.32 Å². The molecule has 98 valence electrons. The van der Waals surface area contributed by atoms with Gasteiger partial charge in [-0.05, 0) is 43.9 Å². The molecule has 1 aliphatic rings. The fourth-order valence-electron chi connectivity index (χ4n) is 2.59. The van der Waals surface area contributed by atoms with E-state index in [1.807, 2.05) is 31.2 Å². The largest absolute Gasteiger partial charge is 0.468 e. The summed E-state index contributed by atoms with van der Waals surface area (Å²) >= 11 is 6.15. The molecule has 0 saturated carbocycles. The molecule has 2 rings (SSSR count). The van der Waals surface area contributed by atoms with Gasteiger partial charge in [0.15, 0.2) is 0 Å². The average Bonchev–Trinajstić information content (AvgIpc) is 2.74. The van der Waals surface area contributed by atoms with Crippen LogP contribution in [-0.4, -0.2) is 25.2 Å². The number of hydrogen-bond donors (Lipinski definition) is 1. The molecule has 2 unspecified atom stereocenters. The van der Waals surface area contributed by atoms with Gasteiger partial charge in [0, 0.05) is 5.02 Å². The van der Waals surface area contributed by atoms with Crippen LogP contribution in [0.4, 0.5) is 0 Å². The van der Waals surface area contributed by atoms with Crippen LogP contribution >= 0.6 is 11.6 Å². The summed E-state index contributed by atoms with van der Waals surface area (Å²) in [4.78, 5) is 11.7. The molecule has 3 nitrogen and oxygen atoms in total. The molecule has 0 spiro atoms. The van der Waals surface area contributed by atoms with Crippen molar-refractivity contribution in [1.29, 1.82) is 0 Å². The Labute approximate surface area is 112 Å². The lowest BCUT2D eigenvalue weighted by Crippen LogP contribution is -2.45. The number of benzene rings is 1. The van der Waals surface area contributed by atoms with Gasteiger partial charge in [-0.25, -0.2) is 0 Å². The average molecular weight is 268 g/mol. The Hall–Kier alpha value is -1.06. The third-order valence-corrected chi connectivity index (χ3v) is 3.95. The molecule has 0 aliphatic carbocycles. The summed E-state index contributed by atoms with van der Waals surface area (Å²) in [5.74, 6) is 0.221. The van der Waals surface area contributed by atoms with Crippen molar-refractivity contribution in [2.24, 2.45) is 5.92 Å². The monoisotopic (exact) mass is 267 g/mol. The van der Waals surface area contributed by atoms with Gasteiger partial charge in [-0.2, -0.15) is 0 Å². The highest BCUT2D eigenvalue weighted by molar-refractivity contribution is 6.31. The van der Waals surface area contributed by atoms with Crippen molar-refractivity contribution in [2.45, 2.75) is 25.3 Å². The van der Waals surface area contributed by atoms with E-state index in [0.29, 0.717) is 5.92 Å². The number of carbonyl (C=O) groups is 1. The van der Waals surface area contributed by atoms with E-state index >= 15 is 0 Å². The van der Waals surface area contributed by atoms with Crippen LogP contribution in [0.3, 0.4) is 0 Å². The Bertz CT molecular complexity index is 449. The van der Waals surface area contributed by atoms with Crippen LogP contribution in [0.25, 0.3) is 0 Å². The lowest BCUT2D eigenvalue weighted by molar-refractivity contribution is -0.147. The molecule has 0 aromatic heterocycles. The smallest absolute Gasteiger partial charge is 0.325 e. The van der Waals surface area contributed by atoms with E-state index in [1.165, 1.54) is 7.11 Å². The standard InChI is InChI=1S/C14H18ClNO2/c1-14(13(17)18-2)8-10(9-16-14)7-11-5-3-4-6-12(11)15/h3-6,10,16H,7-9H2,1-2H3. The predicted octanol–water partition coefficient (Wildman–Crippen LogP) is 2.42. The van der Waals surface area contributed by atoms with Crippen molar-refractivity contribution in [2.75, 3.05) is 13.7 Å². The molecule has 0 bridgehead atoms. The quantitative estimate of drug-likeness (QED) is 0.855. The minimum atomic E-state index is -0.555. The van der Waals surface area contributed by atoms with E-state index in [2.05, 4.69) is 5.32 Å². The highest BCUT2D eigenvalue weighted by atomic mass is 35.5. The first-order valence-electron chi connectivity index (χ1n) is 6.12. The number of rotatable bonds is 3. The highest BCUT2D eigenvalue weighted by Gasteiger charge is 2.41. The summed E-state index contributed by atoms with van der Waals surface area (Å²) in [6, 6.07) is 7.86. The van der Waals surface area contributed by atoms with E-state index in [4.69, 9.17) is 16.3 Å². The van der Waals surface area contributed by atoms with Crippen molar-refractivity contribution >= 4 is 17.6 Å². The number of esters is 1. The summed E-state index contributed by atoms with van der Waals surface area (Å²) in [5, 5.41) is 4.05. The van der Waals surface area contributed by atoms with E-state index in [1.54, 1.807) is 0 Å². The number of halogens is 1. The number of nitrogens with one attached hydrogen (secondary N) is 1. The van der Waals surface area contributed by atoms with Gasteiger partial charge in [-0.15, -0.1) is 0 Å². The van der Waals surface area contributed by atoms with Gasteiger partial charge in [0.1, 0.15) is 5.54 Å². The maximum atomic E-state index is 11.7. The van der Waals surface area contributed by atoms with Gasteiger partial charge in [0.05, 0.1) is 7.11 Å². The molecule has 0 amide bonds. The topological polar surface area (TPSA) is 38.3 Å². The Balaban J connectivity index is 2.02. The summed E-state index contributed by atoms with van der Waals surface area (Å²) < 4.78 is 4.83. The third kappa shape index (κ3) is 2.68. The fourth-order valence-corrected chi connectivity index (χ4v) is 2.80.